The van der Waals surface area contributed by atoms with E-state index in [2.05, 4.69) is 0 Å². The van der Waals surface area contributed by atoms with Crippen LogP contribution in [-0.4, -0.2) is 243 Å². The summed E-state index contributed by atoms with van der Waals surface area (Å²) in [6.45, 7) is 1.74. The van der Waals surface area contributed by atoms with E-state index in [0.29, 0.717) is 0 Å². The van der Waals surface area contributed by atoms with Gasteiger partial charge in [-0.2, -0.15) is 0 Å². The van der Waals surface area contributed by atoms with E-state index >= 15 is 0 Å². The van der Waals surface area contributed by atoms with Gasteiger partial charge in [-0.3, -0.25) is 0 Å². The van der Waals surface area contributed by atoms with Crippen LogP contribution in [0.1, 0.15) is 40.5 Å². The first kappa shape index (κ1) is 50.7. The first-order chi connectivity index (χ1) is 28.0. The largest absolute Gasteiger partial charge is 0.477 e. The monoisotopic (exact) mass is 880 g/mol. The summed E-state index contributed by atoms with van der Waals surface area (Å²) in [5, 5.41) is 159. The van der Waals surface area contributed by atoms with Crippen molar-refractivity contribution in [2.45, 2.75) is 168 Å². The molecule has 19 unspecified atom stereocenters. The van der Waals surface area contributed by atoms with E-state index in [1.165, 1.54) is 13.8 Å². The van der Waals surface area contributed by atoms with Crippen LogP contribution in [0.4, 0.5) is 0 Å². The lowest BCUT2D eigenvalue weighted by Crippen LogP contribution is -2.68. The van der Waals surface area contributed by atoms with Crippen molar-refractivity contribution in [3.8, 4) is 0 Å². The molecule has 0 aliphatic carbocycles. The molecule has 0 aromatic carbocycles. The maximum atomic E-state index is 13.0. The van der Waals surface area contributed by atoms with Crippen LogP contribution in [0.25, 0.3) is 0 Å². The van der Waals surface area contributed by atoms with Gasteiger partial charge in [0.15, 0.2) is 12.6 Å². The van der Waals surface area contributed by atoms with E-state index in [0.717, 1.165) is 0 Å². The maximum absolute atomic E-state index is 13.0. The van der Waals surface area contributed by atoms with Crippen molar-refractivity contribution in [1.29, 1.82) is 0 Å². The van der Waals surface area contributed by atoms with Gasteiger partial charge in [-0.15, -0.1) is 0 Å². The summed E-state index contributed by atoms with van der Waals surface area (Å²) in [5.41, 5.74) is 0. The molecule has 4 aliphatic heterocycles. The van der Waals surface area contributed by atoms with Crippen LogP contribution >= 0.6 is 0 Å². The molecule has 0 aromatic heterocycles. The number of carboxylic acids is 2. The number of aliphatic hydroxyl groups excluding tert-OH is 13. The number of ether oxygens (including phenoxy) is 8. The van der Waals surface area contributed by atoms with E-state index in [4.69, 9.17) is 37.9 Å². The summed E-state index contributed by atoms with van der Waals surface area (Å²) in [6, 6.07) is 0. The van der Waals surface area contributed by atoms with E-state index < -0.39 is 191 Å². The van der Waals surface area contributed by atoms with Gasteiger partial charge >= 0.3 is 11.9 Å². The van der Waals surface area contributed by atoms with Gasteiger partial charge in [-0.05, 0) is 13.8 Å². The molecule has 15 N–H and O–H groups in total. The molecule has 0 saturated carbocycles. The zero-order chi connectivity index (χ0) is 45.2. The van der Waals surface area contributed by atoms with E-state index in [1.807, 2.05) is 0 Å². The molecule has 60 heavy (non-hydrogen) atoms. The molecular formula is C35H60O25. The number of aliphatic carboxylic acids is 2. The third-order valence-corrected chi connectivity index (χ3v) is 11.3. The predicted molar refractivity (Wildman–Crippen MR) is 189 cm³/mol. The summed E-state index contributed by atoms with van der Waals surface area (Å²) in [6.07, 6.45) is -36.1. The second kappa shape index (κ2) is 20.7. The number of hydrogen-bond acceptors (Lipinski definition) is 23. The average molecular weight is 881 g/mol. The van der Waals surface area contributed by atoms with Gasteiger partial charge in [0.2, 0.25) is 0 Å². The minimum absolute atomic E-state index is 0.499. The summed E-state index contributed by atoms with van der Waals surface area (Å²) in [7, 11) is 0. The SMILES string of the molecule is CC(C)OC1OC(CO)C(OC2OC(CO)C(O)C(OC3(C(=O)O)CC(O)C(C)C([C@H](O)C(CO)OC4(C(=O)O)CC(O)C(C)C([C@H](O)[C@H](O)CO)O4)O3)C2O)C(O)C1O. The predicted octanol–water partition coefficient (Wildman–Crippen LogP) is -7.35. The Morgan fingerprint density at radius 3 is 1.68 bits per heavy atom. The fourth-order valence-electron chi connectivity index (χ4n) is 7.68. The van der Waals surface area contributed by atoms with Gasteiger partial charge in [0, 0.05) is 24.7 Å². The molecule has 25 heteroatoms. The number of rotatable bonds is 18. The molecule has 22 atom stereocenters. The molecule has 350 valence electrons. The molecule has 0 spiro atoms. The lowest BCUT2D eigenvalue weighted by molar-refractivity contribution is -0.391. The van der Waals surface area contributed by atoms with E-state index in [9.17, 15) is 86.2 Å². The normalized spacial score (nSPS) is 44.8. The Morgan fingerprint density at radius 1 is 0.667 bits per heavy atom. The van der Waals surface area contributed by atoms with Crippen molar-refractivity contribution in [1.82, 2.24) is 0 Å². The third kappa shape index (κ3) is 10.4. The Bertz CT molecular complexity index is 1390. The summed E-state index contributed by atoms with van der Waals surface area (Å²) < 4.78 is 44.9. The Hall–Kier alpha value is -1.90. The standard InChI is InChI=1S/C35H60O25/c1-11(2)53-30-24(47)23(46)28(19(10-39)55-30)56-31-25(48)29(21(44)17(8-37)54-31)60-35(33(51)52)6-15(41)13(4)27(59-35)22(45)18(9-38)57-34(32(49)50)5-14(40)12(3)26(58-34)20(43)16(42)7-36/h11-31,36-48H,5-10H2,1-4H3,(H,49,50)(H,51,52)/t12?,13?,14?,15?,16-,17?,18?,19?,20-,21?,22-,23?,24?,25?,26?,27?,28?,29?,30?,31?,34?,35?/m1/s1. The zero-order valence-electron chi connectivity index (χ0n) is 33.2. The minimum atomic E-state index is -3.11. The smallest absolute Gasteiger partial charge is 0.364 e. The Morgan fingerprint density at radius 2 is 1.18 bits per heavy atom. The van der Waals surface area contributed by atoms with Gasteiger partial charge in [0.05, 0.1) is 56.9 Å². The van der Waals surface area contributed by atoms with Gasteiger partial charge in [-0.25, -0.2) is 9.59 Å². The molecule has 0 radical (unpaired) electrons. The lowest BCUT2D eigenvalue weighted by Gasteiger charge is -2.51. The molecule has 4 rings (SSSR count). The molecule has 0 aromatic rings. The molecule has 4 saturated heterocycles. The first-order valence-corrected chi connectivity index (χ1v) is 19.4. The quantitative estimate of drug-likeness (QED) is 0.0608. The van der Waals surface area contributed by atoms with Crippen molar-refractivity contribution in [3.05, 3.63) is 0 Å². The minimum Gasteiger partial charge on any atom is -0.477 e. The maximum Gasteiger partial charge on any atom is 0.364 e. The van der Waals surface area contributed by atoms with Crippen LogP contribution in [0.15, 0.2) is 0 Å². The number of carbonyl (C=O) groups is 2. The second-order valence-electron chi connectivity index (χ2n) is 15.9. The average Bonchev–Trinajstić information content (AvgIpc) is 3.20. The van der Waals surface area contributed by atoms with Gasteiger partial charge in [0.25, 0.3) is 11.6 Å². The first-order valence-electron chi connectivity index (χ1n) is 19.4. The molecular weight excluding hydrogens is 820 g/mol. The van der Waals surface area contributed by atoms with Crippen LogP contribution in [-0.2, 0) is 47.5 Å². The highest BCUT2D eigenvalue weighted by Crippen LogP contribution is 2.42. The highest BCUT2D eigenvalue weighted by atomic mass is 16.8. The second-order valence-corrected chi connectivity index (χ2v) is 15.9. The molecule has 4 heterocycles. The molecule has 25 nitrogen and oxygen atoms in total. The molecule has 0 bridgehead atoms. The fraction of sp³-hybridized carbons (Fsp3) is 0.943. The zero-order valence-corrected chi connectivity index (χ0v) is 33.2. The van der Waals surface area contributed by atoms with Gasteiger partial charge in [0.1, 0.15) is 73.2 Å². The summed E-state index contributed by atoms with van der Waals surface area (Å²) >= 11 is 0. The Labute approximate surface area is 342 Å². The van der Waals surface area contributed by atoms with Gasteiger partial charge in [-0.1, -0.05) is 13.8 Å². The lowest BCUT2D eigenvalue weighted by atomic mass is 9.83. The third-order valence-electron chi connectivity index (χ3n) is 11.3. The summed E-state index contributed by atoms with van der Waals surface area (Å²) in [4.78, 5) is 25.7. The Kier molecular flexibility index (Phi) is 17.5. The van der Waals surface area contributed by atoms with Crippen molar-refractivity contribution in [2.75, 3.05) is 26.4 Å². The molecule has 0 amide bonds. The van der Waals surface area contributed by atoms with Crippen LogP contribution in [0, 0.1) is 11.8 Å². The van der Waals surface area contributed by atoms with Crippen LogP contribution < -0.4 is 0 Å². The van der Waals surface area contributed by atoms with Crippen LogP contribution in [0.3, 0.4) is 0 Å². The molecule has 4 aliphatic rings. The van der Waals surface area contributed by atoms with Crippen LogP contribution in [0.5, 0.6) is 0 Å². The van der Waals surface area contributed by atoms with E-state index in [1.54, 1.807) is 13.8 Å². The summed E-state index contributed by atoms with van der Waals surface area (Å²) in [5.74, 6) is -12.4. The highest BCUT2D eigenvalue weighted by molar-refractivity contribution is 5.76. The number of hydrogen-bond donors (Lipinski definition) is 15. The van der Waals surface area contributed by atoms with Crippen molar-refractivity contribution >= 4 is 11.9 Å². The highest BCUT2D eigenvalue weighted by Gasteiger charge is 2.61. The van der Waals surface area contributed by atoms with Crippen molar-refractivity contribution in [3.63, 3.8) is 0 Å². The van der Waals surface area contributed by atoms with Crippen LogP contribution in [0.2, 0.25) is 0 Å². The van der Waals surface area contributed by atoms with Crippen molar-refractivity contribution < 1.29 is 124 Å². The Balaban J connectivity index is 1.62. The van der Waals surface area contributed by atoms with E-state index in [-0.39, 0.29) is 0 Å². The fourth-order valence-corrected chi connectivity index (χ4v) is 7.68. The van der Waals surface area contributed by atoms with Crippen molar-refractivity contribution in [2.24, 2.45) is 11.8 Å². The molecule has 4 fully saturated rings. The number of aliphatic hydroxyl groups is 13. The van der Waals surface area contributed by atoms with Gasteiger partial charge < -0.3 is 114 Å². The number of carboxylic acid groups (broad SMARTS) is 2. The topological polar surface area (TPSA) is 411 Å².